The summed E-state index contributed by atoms with van der Waals surface area (Å²) in [6.45, 7) is 5.93. The van der Waals surface area contributed by atoms with E-state index in [0.29, 0.717) is 0 Å². The number of halogens is 1. The van der Waals surface area contributed by atoms with Gasteiger partial charge < -0.3 is 15.0 Å². The molecule has 0 aliphatic carbocycles. The highest BCUT2D eigenvalue weighted by Crippen LogP contribution is 2.28. The van der Waals surface area contributed by atoms with Gasteiger partial charge in [-0.1, -0.05) is 12.1 Å². The van der Waals surface area contributed by atoms with E-state index in [1.807, 2.05) is 18.2 Å². The van der Waals surface area contributed by atoms with Crippen LogP contribution in [-0.2, 0) is 0 Å². The molecule has 1 heterocycles. The molecule has 0 amide bonds. The van der Waals surface area contributed by atoms with E-state index < -0.39 is 22.0 Å². The molecule has 0 unspecified atom stereocenters. The average Bonchev–Trinajstić information content (AvgIpc) is 2.54. The molecular weight excluding hydrogens is 392 g/mol. The van der Waals surface area contributed by atoms with Crippen LogP contribution in [0.25, 0.3) is 12.2 Å². The van der Waals surface area contributed by atoms with Crippen LogP contribution in [0.4, 0.5) is 11.4 Å². The number of rotatable bonds is 6. The van der Waals surface area contributed by atoms with Gasteiger partial charge in [0.05, 0.1) is 10.6 Å². The van der Waals surface area contributed by atoms with Gasteiger partial charge in [0.2, 0.25) is 0 Å². The number of nitrogens with zero attached hydrogens (tertiary/aromatic N) is 3. The molecule has 0 saturated carbocycles. The topological polar surface area (TPSA) is 112 Å². The lowest BCUT2D eigenvalue weighted by atomic mass is 10.1. The Bertz CT molecular complexity index is 875. The van der Waals surface area contributed by atoms with Gasteiger partial charge in [-0.3, -0.25) is 14.9 Å². The van der Waals surface area contributed by atoms with Crippen molar-refractivity contribution in [1.82, 2.24) is 9.97 Å². The molecule has 132 valence electrons. The first-order valence-corrected chi connectivity index (χ1v) is 8.36. The van der Waals surface area contributed by atoms with Crippen molar-refractivity contribution < 1.29 is 10.0 Å². The first-order valence-electron chi connectivity index (χ1n) is 7.57. The van der Waals surface area contributed by atoms with Gasteiger partial charge >= 0.3 is 11.2 Å². The summed E-state index contributed by atoms with van der Waals surface area (Å²) in [6.07, 6.45) is 3.14. The third kappa shape index (κ3) is 4.24. The largest absolute Gasteiger partial charge is 0.488 e. The average molecular weight is 409 g/mol. The fourth-order valence-electron chi connectivity index (χ4n) is 2.34. The fourth-order valence-corrected chi connectivity index (χ4v) is 2.99. The van der Waals surface area contributed by atoms with Gasteiger partial charge in [-0.2, -0.15) is 4.98 Å². The Morgan fingerprint density at radius 1 is 1.36 bits per heavy atom. The van der Waals surface area contributed by atoms with E-state index in [9.17, 15) is 20.0 Å². The molecule has 0 fully saturated rings. The summed E-state index contributed by atoms with van der Waals surface area (Å²) >= 11 is 3.54. The number of H-pyrrole nitrogens is 1. The van der Waals surface area contributed by atoms with Crippen LogP contribution in [0.2, 0.25) is 0 Å². The number of aromatic nitrogens is 2. The Kier molecular flexibility index (Phi) is 5.92. The maximum atomic E-state index is 11.6. The number of benzene rings is 1. The summed E-state index contributed by atoms with van der Waals surface area (Å²) in [7, 11) is 0. The summed E-state index contributed by atoms with van der Waals surface area (Å²) < 4.78 is 0.923. The van der Waals surface area contributed by atoms with Crippen molar-refractivity contribution in [3.05, 3.63) is 54.5 Å². The first kappa shape index (κ1) is 18.7. The van der Waals surface area contributed by atoms with Gasteiger partial charge in [-0.15, -0.1) is 0 Å². The van der Waals surface area contributed by atoms with Gasteiger partial charge in [0.1, 0.15) is 5.82 Å². The zero-order chi connectivity index (χ0) is 18.6. The van der Waals surface area contributed by atoms with Crippen LogP contribution in [-0.4, -0.2) is 33.1 Å². The molecule has 1 aromatic heterocycles. The molecule has 25 heavy (non-hydrogen) atoms. The molecule has 0 atom stereocenters. The number of nitrogens with one attached hydrogen (secondary N) is 1. The summed E-state index contributed by atoms with van der Waals surface area (Å²) in [6, 6.07) is 5.78. The van der Waals surface area contributed by atoms with Crippen LogP contribution in [0.15, 0.2) is 27.5 Å². The minimum absolute atomic E-state index is 0.0250. The second kappa shape index (κ2) is 7.93. The van der Waals surface area contributed by atoms with Crippen LogP contribution in [0.3, 0.4) is 0 Å². The standard InChI is InChI=1S/C16H17BrN4O4/c1-3-20(4-2)12-7-5-10(9-11(12)17)6-8-13-18-15(22)14(21(24)25)16(23)19-13/h5-9H,3-4H2,1-2H3,(H2,18,19,22,23)/b8-6+. The van der Waals surface area contributed by atoms with Crippen LogP contribution < -0.4 is 10.5 Å². The molecule has 2 N–H and O–H groups in total. The number of aromatic hydroxyl groups is 1. The highest BCUT2D eigenvalue weighted by molar-refractivity contribution is 9.10. The minimum atomic E-state index is -1.00. The monoisotopic (exact) mass is 408 g/mol. The van der Waals surface area contributed by atoms with E-state index in [4.69, 9.17) is 0 Å². The van der Waals surface area contributed by atoms with Crippen LogP contribution in [0, 0.1) is 10.1 Å². The van der Waals surface area contributed by atoms with Crippen molar-refractivity contribution in [3.8, 4) is 5.88 Å². The predicted molar refractivity (Wildman–Crippen MR) is 99.8 cm³/mol. The third-order valence-electron chi connectivity index (χ3n) is 3.59. The first-order chi connectivity index (χ1) is 11.9. The Morgan fingerprint density at radius 2 is 2.04 bits per heavy atom. The zero-order valence-corrected chi connectivity index (χ0v) is 15.3. The van der Waals surface area contributed by atoms with Gasteiger partial charge in [0.25, 0.3) is 5.88 Å². The molecule has 2 aromatic rings. The molecule has 8 nitrogen and oxygen atoms in total. The van der Waals surface area contributed by atoms with Crippen molar-refractivity contribution in [3.63, 3.8) is 0 Å². The molecule has 0 spiro atoms. The van der Waals surface area contributed by atoms with Crippen LogP contribution in [0.1, 0.15) is 25.2 Å². The molecule has 0 radical (unpaired) electrons. The SMILES string of the molecule is CCN(CC)c1ccc(/C=C/c2nc(O)c([N+](=O)[O-])c(=O)[nH]2)cc1Br. The smallest absolute Gasteiger partial charge is 0.395 e. The molecule has 0 bridgehead atoms. The van der Waals surface area contributed by atoms with Gasteiger partial charge in [0, 0.05) is 17.6 Å². The zero-order valence-electron chi connectivity index (χ0n) is 13.7. The Balaban J connectivity index is 2.30. The van der Waals surface area contributed by atoms with Crippen LogP contribution >= 0.6 is 15.9 Å². The van der Waals surface area contributed by atoms with Crippen molar-refractivity contribution in [2.75, 3.05) is 18.0 Å². The van der Waals surface area contributed by atoms with Crippen molar-refractivity contribution >= 4 is 39.5 Å². The van der Waals surface area contributed by atoms with E-state index >= 15 is 0 Å². The van der Waals surface area contributed by atoms with E-state index in [1.165, 1.54) is 6.08 Å². The van der Waals surface area contributed by atoms with Gasteiger partial charge in [-0.25, -0.2) is 0 Å². The third-order valence-corrected chi connectivity index (χ3v) is 4.22. The Labute approximate surface area is 152 Å². The summed E-state index contributed by atoms with van der Waals surface area (Å²) in [5.74, 6) is -0.886. The predicted octanol–water partition coefficient (Wildman–Crippen LogP) is 3.16. The highest BCUT2D eigenvalue weighted by Gasteiger charge is 2.21. The van der Waals surface area contributed by atoms with E-state index in [0.717, 1.165) is 28.8 Å². The van der Waals surface area contributed by atoms with Crippen LogP contribution in [0.5, 0.6) is 5.88 Å². The maximum absolute atomic E-state index is 11.6. The lowest BCUT2D eigenvalue weighted by Crippen LogP contribution is -2.22. The quantitative estimate of drug-likeness (QED) is 0.560. The second-order valence-electron chi connectivity index (χ2n) is 5.10. The van der Waals surface area contributed by atoms with Crippen molar-refractivity contribution in [2.24, 2.45) is 0 Å². The lowest BCUT2D eigenvalue weighted by Gasteiger charge is -2.22. The number of nitro groups is 1. The van der Waals surface area contributed by atoms with E-state index in [-0.39, 0.29) is 5.82 Å². The summed E-state index contributed by atoms with van der Waals surface area (Å²) in [4.78, 5) is 29.4. The molecular formula is C16H17BrN4O4. The van der Waals surface area contributed by atoms with Gasteiger partial charge in [-0.05, 0) is 53.5 Å². The molecule has 9 heteroatoms. The van der Waals surface area contributed by atoms with Crippen molar-refractivity contribution in [1.29, 1.82) is 0 Å². The normalized spacial score (nSPS) is 11.0. The fraction of sp³-hybridized carbons (Fsp3) is 0.250. The Hall–Kier alpha value is -2.68. The Morgan fingerprint density at radius 3 is 2.56 bits per heavy atom. The molecule has 1 aromatic carbocycles. The van der Waals surface area contributed by atoms with Gasteiger partial charge in [0.15, 0.2) is 0 Å². The molecule has 0 aliphatic heterocycles. The van der Waals surface area contributed by atoms with E-state index in [2.05, 4.69) is 44.6 Å². The number of anilines is 1. The molecule has 2 rings (SSSR count). The summed E-state index contributed by atoms with van der Waals surface area (Å²) in [5.41, 5.74) is -0.0661. The molecule has 0 saturated heterocycles. The maximum Gasteiger partial charge on any atom is 0.395 e. The number of aromatic amines is 1. The molecule has 0 aliphatic rings. The lowest BCUT2D eigenvalue weighted by molar-refractivity contribution is -0.387. The van der Waals surface area contributed by atoms with E-state index in [1.54, 1.807) is 6.08 Å². The number of hydrogen-bond acceptors (Lipinski definition) is 6. The number of hydrogen-bond donors (Lipinski definition) is 2. The van der Waals surface area contributed by atoms with Crippen molar-refractivity contribution in [2.45, 2.75) is 13.8 Å². The summed E-state index contributed by atoms with van der Waals surface area (Å²) in [5, 5.41) is 20.2. The highest BCUT2D eigenvalue weighted by atomic mass is 79.9. The minimum Gasteiger partial charge on any atom is -0.488 e. The second-order valence-corrected chi connectivity index (χ2v) is 5.95.